The summed E-state index contributed by atoms with van der Waals surface area (Å²) in [6.07, 6.45) is 1.43. The maximum atomic E-state index is 14.5. The van der Waals surface area contributed by atoms with E-state index in [1.54, 1.807) is 6.08 Å². The summed E-state index contributed by atoms with van der Waals surface area (Å²) in [6, 6.07) is 12.6. The summed E-state index contributed by atoms with van der Waals surface area (Å²) >= 11 is 18.1. The Morgan fingerprint density at radius 3 is 2.21 bits per heavy atom. The molecule has 2 saturated heterocycles. The monoisotopic (exact) mass is 757 g/mol. The molecule has 48 heavy (non-hydrogen) atoms. The standard InChI is InChI=1S/C33H23BrCl2FN3O8/c1-48-24-13-15(34)12-22(27(24)41)26-20-10-11-21-25(29(43)38(28(21)42)17-6-8-19(9-7-17)40(46)47)23(20)14-32(35)30(44)39(31(45)33(26,32)36)18-4-2-16(37)3-5-18/h2-10,12-13,21,23,25-26,41H,11,14H2,1H3. The van der Waals surface area contributed by atoms with E-state index in [4.69, 9.17) is 27.9 Å². The lowest BCUT2D eigenvalue weighted by Gasteiger charge is -2.50. The molecule has 0 spiro atoms. The number of methoxy groups -OCH3 is 1. The minimum absolute atomic E-state index is 0.0157. The fraction of sp³-hybridized carbons (Fsp3) is 0.273. The fourth-order valence-electron chi connectivity index (χ4n) is 7.69. The number of amides is 4. The van der Waals surface area contributed by atoms with E-state index in [1.165, 1.54) is 55.6 Å². The number of nitro groups is 1. The largest absolute Gasteiger partial charge is 0.504 e. The second kappa shape index (κ2) is 11.1. The third kappa shape index (κ3) is 4.30. The topological polar surface area (TPSA) is 147 Å². The summed E-state index contributed by atoms with van der Waals surface area (Å²) in [6.45, 7) is 0. The van der Waals surface area contributed by atoms with Gasteiger partial charge in [-0.3, -0.25) is 34.2 Å². The number of benzene rings is 3. The molecule has 3 fully saturated rings. The molecule has 2 aliphatic heterocycles. The predicted molar refractivity (Wildman–Crippen MR) is 175 cm³/mol. The molecule has 1 N–H and O–H groups in total. The number of nitro benzene ring substituents is 1. The van der Waals surface area contributed by atoms with Crippen LogP contribution in [0.2, 0.25) is 0 Å². The van der Waals surface area contributed by atoms with Crippen molar-refractivity contribution in [3.05, 3.63) is 98.3 Å². The third-order valence-electron chi connectivity index (χ3n) is 9.81. The highest BCUT2D eigenvalue weighted by atomic mass is 79.9. The number of anilines is 2. The van der Waals surface area contributed by atoms with E-state index in [1.807, 2.05) is 0 Å². The number of nitrogens with zero attached hydrogens (tertiary/aromatic N) is 3. The number of halogens is 4. The van der Waals surface area contributed by atoms with E-state index in [0.29, 0.717) is 10.0 Å². The maximum absolute atomic E-state index is 14.5. The van der Waals surface area contributed by atoms with E-state index in [9.17, 15) is 38.8 Å². The summed E-state index contributed by atoms with van der Waals surface area (Å²) < 4.78 is 19.7. The van der Waals surface area contributed by atoms with Crippen LogP contribution in [0, 0.1) is 33.7 Å². The summed E-state index contributed by atoms with van der Waals surface area (Å²) in [7, 11) is 1.33. The van der Waals surface area contributed by atoms with E-state index >= 15 is 0 Å². The lowest BCUT2D eigenvalue weighted by Crippen LogP contribution is -2.60. The molecule has 0 radical (unpaired) electrons. The SMILES string of the molecule is COc1cc(Br)cc(C2C3=CCC4C(=O)N(c5ccc([N+](=O)[O-])cc5)C(=O)C4C3CC3(Cl)C(=O)N(c4ccc(F)cc4)C(=O)C23Cl)c1O. The number of phenols is 1. The average molecular weight is 759 g/mol. The van der Waals surface area contributed by atoms with Crippen LogP contribution in [0.5, 0.6) is 11.5 Å². The van der Waals surface area contributed by atoms with Crippen LogP contribution in [0.15, 0.2) is 76.8 Å². The van der Waals surface area contributed by atoms with Crippen LogP contribution in [-0.4, -0.2) is 50.5 Å². The van der Waals surface area contributed by atoms with Crippen LogP contribution in [0.4, 0.5) is 21.5 Å². The van der Waals surface area contributed by atoms with Crippen molar-refractivity contribution >= 4 is 79.8 Å². The Morgan fingerprint density at radius 1 is 0.958 bits per heavy atom. The first kappa shape index (κ1) is 32.2. The van der Waals surface area contributed by atoms with Crippen molar-refractivity contribution in [3.63, 3.8) is 0 Å². The Bertz CT molecular complexity index is 1990. The maximum Gasteiger partial charge on any atom is 0.269 e. The van der Waals surface area contributed by atoms with Crippen molar-refractivity contribution in [1.29, 1.82) is 0 Å². The molecule has 15 heteroatoms. The zero-order valence-corrected chi connectivity index (χ0v) is 27.8. The van der Waals surface area contributed by atoms with Crippen LogP contribution in [0.25, 0.3) is 0 Å². The lowest BCUT2D eigenvalue weighted by molar-refractivity contribution is -0.384. The van der Waals surface area contributed by atoms with Gasteiger partial charge in [-0.15, -0.1) is 23.2 Å². The van der Waals surface area contributed by atoms with Crippen molar-refractivity contribution in [2.75, 3.05) is 16.9 Å². The highest BCUT2D eigenvalue weighted by Crippen LogP contribution is 2.67. The van der Waals surface area contributed by atoms with Gasteiger partial charge in [-0.1, -0.05) is 27.6 Å². The second-order valence-electron chi connectivity index (χ2n) is 12.1. The van der Waals surface area contributed by atoms with Crippen molar-refractivity contribution < 1.29 is 38.3 Å². The number of imide groups is 2. The number of phenolic OH excluding ortho intramolecular Hbond substituents is 1. The minimum Gasteiger partial charge on any atom is -0.504 e. The number of hydrogen-bond acceptors (Lipinski definition) is 8. The van der Waals surface area contributed by atoms with Gasteiger partial charge in [0.25, 0.3) is 17.5 Å². The van der Waals surface area contributed by atoms with Crippen LogP contribution in [0.3, 0.4) is 0 Å². The molecule has 6 unspecified atom stereocenters. The Kier molecular flexibility index (Phi) is 7.46. The van der Waals surface area contributed by atoms with Crippen molar-refractivity contribution in [2.24, 2.45) is 17.8 Å². The highest BCUT2D eigenvalue weighted by molar-refractivity contribution is 9.10. The molecule has 1 saturated carbocycles. The van der Waals surface area contributed by atoms with Crippen LogP contribution >= 0.6 is 39.1 Å². The molecule has 7 rings (SSSR count). The molecular weight excluding hydrogens is 736 g/mol. The van der Waals surface area contributed by atoms with Gasteiger partial charge in [0.05, 0.1) is 35.2 Å². The minimum atomic E-state index is -2.26. The number of aromatic hydroxyl groups is 1. The summed E-state index contributed by atoms with van der Waals surface area (Å²) in [5, 5.41) is 22.7. The number of rotatable bonds is 5. The van der Waals surface area contributed by atoms with Gasteiger partial charge in [0, 0.05) is 28.1 Å². The number of alkyl halides is 2. The summed E-state index contributed by atoms with van der Waals surface area (Å²) in [5.41, 5.74) is 0.432. The molecule has 3 aromatic carbocycles. The Balaban J connectivity index is 1.40. The fourth-order valence-corrected chi connectivity index (χ4v) is 9.07. The molecule has 4 amide bonds. The normalized spacial score (nSPS) is 29.4. The van der Waals surface area contributed by atoms with Crippen LogP contribution in [0.1, 0.15) is 24.3 Å². The van der Waals surface area contributed by atoms with E-state index < -0.39 is 67.8 Å². The molecule has 11 nitrogen and oxygen atoms in total. The highest BCUT2D eigenvalue weighted by Gasteiger charge is 2.77. The number of carbonyl (C=O) groups excluding carboxylic acids is 4. The van der Waals surface area contributed by atoms with E-state index in [-0.39, 0.29) is 47.0 Å². The van der Waals surface area contributed by atoms with Gasteiger partial charge in [0.1, 0.15) is 5.82 Å². The molecule has 0 bridgehead atoms. The second-order valence-corrected chi connectivity index (χ2v) is 14.2. The first-order valence-corrected chi connectivity index (χ1v) is 16.2. The Labute approximate surface area is 290 Å². The Morgan fingerprint density at radius 2 is 1.58 bits per heavy atom. The number of carbonyl (C=O) groups is 4. The van der Waals surface area contributed by atoms with Crippen LogP contribution < -0.4 is 14.5 Å². The molecule has 0 aromatic heterocycles. The first-order valence-electron chi connectivity index (χ1n) is 14.7. The first-order chi connectivity index (χ1) is 22.7. The summed E-state index contributed by atoms with van der Waals surface area (Å²) in [5.74, 6) is -8.08. The van der Waals surface area contributed by atoms with Gasteiger partial charge in [-0.25, -0.2) is 9.29 Å². The van der Waals surface area contributed by atoms with Crippen molar-refractivity contribution in [3.8, 4) is 11.5 Å². The van der Waals surface area contributed by atoms with Gasteiger partial charge < -0.3 is 9.84 Å². The zero-order valence-electron chi connectivity index (χ0n) is 24.7. The zero-order chi connectivity index (χ0) is 34.4. The van der Waals surface area contributed by atoms with Gasteiger partial charge >= 0.3 is 0 Å². The molecule has 3 aromatic rings. The van der Waals surface area contributed by atoms with Gasteiger partial charge in [-0.2, -0.15) is 0 Å². The third-order valence-corrected chi connectivity index (χ3v) is 11.7. The molecule has 2 heterocycles. The number of hydrogen-bond donors (Lipinski definition) is 1. The molecule has 4 aliphatic rings. The molecule has 6 atom stereocenters. The van der Waals surface area contributed by atoms with Crippen LogP contribution in [-0.2, 0) is 19.2 Å². The van der Waals surface area contributed by atoms with Crippen molar-refractivity contribution in [1.82, 2.24) is 0 Å². The van der Waals surface area contributed by atoms with Gasteiger partial charge in [0.2, 0.25) is 11.8 Å². The van der Waals surface area contributed by atoms with E-state index in [0.717, 1.165) is 21.9 Å². The number of fused-ring (bicyclic) bond motifs is 4. The summed E-state index contributed by atoms with van der Waals surface area (Å²) in [4.78, 5) is 64.8. The molecule has 246 valence electrons. The number of allylic oxidation sites excluding steroid dienone is 2. The Hall–Kier alpha value is -4.33. The van der Waals surface area contributed by atoms with E-state index in [2.05, 4.69) is 15.9 Å². The van der Waals surface area contributed by atoms with Crippen molar-refractivity contribution in [2.45, 2.75) is 28.5 Å². The van der Waals surface area contributed by atoms with Gasteiger partial charge in [-0.05, 0) is 67.3 Å². The molecular formula is C33H23BrCl2FN3O8. The smallest absolute Gasteiger partial charge is 0.269 e. The molecule has 2 aliphatic carbocycles. The predicted octanol–water partition coefficient (Wildman–Crippen LogP) is 5.98. The average Bonchev–Trinajstić information content (AvgIpc) is 3.40. The quantitative estimate of drug-likeness (QED) is 0.110. The lowest BCUT2D eigenvalue weighted by atomic mass is 9.56. The number of ether oxygens (including phenoxy) is 1. The number of non-ortho nitro benzene ring substituents is 1. The van der Waals surface area contributed by atoms with Gasteiger partial charge in [0.15, 0.2) is 21.2 Å².